The van der Waals surface area contributed by atoms with Crippen molar-refractivity contribution >= 4 is 23.5 Å². The zero-order valence-corrected chi connectivity index (χ0v) is 16.1. The van der Waals surface area contributed by atoms with Gasteiger partial charge in [0.15, 0.2) is 0 Å². The quantitative estimate of drug-likeness (QED) is 0.690. The van der Waals surface area contributed by atoms with Crippen LogP contribution in [0, 0.1) is 13.8 Å². The SMILES string of the molecule is COC(=O)c1cn(-c2ccccc2Cl)nc1C.COC(=O)c1cn[nH]c1C. The van der Waals surface area contributed by atoms with Crippen LogP contribution in [-0.2, 0) is 9.47 Å². The summed E-state index contributed by atoms with van der Waals surface area (Å²) in [5.41, 5.74) is 2.99. The van der Waals surface area contributed by atoms with E-state index in [2.05, 4.69) is 24.8 Å². The van der Waals surface area contributed by atoms with E-state index in [1.807, 2.05) is 18.2 Å². The monoisotopic (exact) mass is 390 g/mol. The Morgan fingerprint density at radius 1 is 1.07 bits per heavy atom. The van der Waals surface area contributed by atoms with Crippen molar-refractivity contribution in [2.24, 2.45) is 0 Å². The molecule has 0 amide bonds. The molecule has 0 atom stereocenters. The van der Waals surface area contributed by atoms with Crippen molar-refractivity contribution in [2.75, 3.05) is 14.2 Å². The molecular weight excluding hydrogens is 372 g/mol. The molecule has 3 aromatic rings. The second-order valence-electron chi connectivity index (χ2n) is 5.42. The van der Waals surface area contributed by atoms with Crippen LogP contribution in [0.15, 0.2) is 36.7 Å². The highest BCUT2D eigenvalue weighted by molar-refractivity contribution is 6.32. The first-order valence-corrected chi connectivity index (χ1v) is 8.24. The topological polar surface area (TPSA) is 99.1 Å². The predicted octanol–water partition coefficient (Wildman–Crippen LogP) is 3.13. The third-order valence-electron chi connectivity index (χ3n) is 3.64. The summed E-state index contributed by atoms with van der Waals surface area (Å²) in [6.45, 7) is 3.51. The first-order valence-electron chi connectivity index (χ1n) is 7.86. The van der Waals surface area contributed by atoms with E-state index in [1.54, 1.807) is 30.8 Å². The zero-order valence-electron chi connectivity index (χ0n) is 15.3. The molecule has 1 aromatic carbocycles. The van der Waals surface area contributed by atoms with Crippen LogP contribution in [-0.4, -0.2) is 46.1 Å². The Morgan fingerprint density at radius 2 is 1.70 bits per heavy atom. The van der Waals surface area contributed by atoms with Gasteiger partial charge in [-0.2, -0.15) is 10.2 Å². The van der Waals surface area contributed by atoms with Gasteiger partial charge < -0.3 is 9.47 Å². The van der Waals surface area contributed by atoms with Gasteiger partial charge in [-0.3, -0.25) is 5.10 Å². The second-order valence-corrected chi connectivity index (χ2v) is 5.82. The molecule has 0 fully saturated rings. The van der Waals surface area contributed by atoms with Crippen molar-refractivity contribution in [2.45, 2.75) is 13.8 Å². The number of nitrogens with one attached hydrogen (secondary N) is 1. The lowest BCUT2D eigenvalue weighted by molar-refractivity contribution is 0.0591. The lowest BCUT2D eigenvalue weighted by Gasteiger charge is -2.02. The maximum absolute atomic E-state index is 11.5. The summed E-state index contributed by atoms with van der Waals surface area (Å²) in [5.74, 6) is -0.757. The lowest BCUT2D eigenvalue weighted by atomic mass is 10.3. The maximum atomic E-state index is 11.5. The summed E-state index contributed by atoms with van der Waals surface area (Å²) >= 11 is 6.06. The Labute approximate surface area is 161 Å². The second kappa shape index (κ2) is 9.00. The molecule has 0 aliphatic rings. The van der Waals surface area contributed by atoms with Gasteiger partial charge in [0.05, 0.1) is 36.8 Å². The average Bonchev–Trinajstić information content (AvgIpc) is 3.27. The van der Waals surface area contributed by atoms with Gasteiger partial charge in [0.25, 0.3) is 0 Å². The summed E-state index contributed by atoms with van der Waals surface area (Å²) in [6.07, 6.45) is 3.06. The molecular formula is C18H19ClN4O4. The summed E-state index contributed by atoms with van der Waals surface area (Å²) in [7, 11) is 2.68. The number of rotatable bonds is 3. The number of hydrogen-bond acceptors (Lipinski definition) is 6. The molecule has 2 aromatic heterocycles. The summed E-state index contributed by atoms with van der Waals surface area (Å²) in [6, 6.07) is 7.29. The van der Waals surface area contributed by atoms with Crippen LogP contribution in [0.5, 0.6) is 0 Å². The molecule has 0 bridgehead atoms. The fourth-order valence-corrected chi connectivity index (χ4v) is 2.42. The molecule has 0 aliphatic heterocycles. The van der Waals surface area contributed by atoms with Crippen molar-refractivity contribution in [3.63, 3.8) is 0 Å². The first-order chi connectivity index (χ1) is 12.9. The van der Waals surface area contributed by atoms with Gasteiger partial charge in [0, 0.05) is 11.9 Å². The molecule has 0 spiro atoms. The van der Waals surface area contributed by atoms with Gasteiger partial charge >= 0.3 is 11.9 Å². The Balaban J connectivity index is 0.000000223. The van der Waals surface area contributed by atoms with E-state index in [9.17, 15) is 9.59 Å². The third kappa shape index (κ3) is 4.73. The van der Waals surface area contributed by atoms with Crippen molar-refractivity contribution < 1.29 is 19.1 Å². The van der Waals surface area contributed by atoms with Gasteiger partial charge in [-0.05, 0) is 26.0 Å². The van der Waals surface area contributed by atoms with Gasteiger partial charge in [0.1, 0.15) is 11.1 Å². The number of halogens is 1. The van der Waals surface area contributed by atoms with Crippen LogP contribution < -0.4 is 0 Å². The number of nitrogens with zero attached hydrogens (tertiary/aromatic N) is 3. The standard InChI is InChI=1S/C12H11ClN2O2.C6H8N2O2/c1-8-9(12(16)17-2)7-15(14-8)11-6-4-3-5-10(11)13;1-4-5(3-7-8-4)6(9)10-2/h3-7H,1-2H3;3H,1-2H3,(H,7,8). The van der Waals surface area contributed by atoms with Crippen molar-refractivity contribution in [1.82, 2.24) is 20.0 Å². The lowest BCUT2D eigenvalue weighted by Crippen LogP contribution is -2.01. The summed E-state index contributed by atoms with van der Waals surface area (Å²) < 4.78 is 10.7. The Hall–Kier alpha value is -3.13. The van der Waals surface area contributed by atoms with Crippen LogP contribution in [0.4, 0.5) is 0 Å². The molecule has 0 saturated heterocycles. The van der Waals surface area contributed by atoms with E-state index >= 15 is 0 Å². The highest BCUT2D eigenvalue weighted by atomic mass is 35.5. The van der Waals surface area contributed by atoms with E-state index in [0.29, 0.717) is 21.8 Å². The average molecular weight is 391 g/mol. The molecule has 2 heterocycles. The fourth-order valence-electron chi connectivity index (χ4n) is 2.20. The highest BCUT2D eigenvalue weighted by Crippen LogP contribution is 2.20. The minimum absolute atomic E-state index is 0.355. The van der Waals surface area contributed by atoms with E-state index in [0.717, 1.165) is 11.4 Å². The molecule has 0 aliphatic carbocycles. The molecule has 142 valence electrons. The number of hydrogen-bond donors (Lipinski definition) is 1. The number of benzene rings is 1. The number of aromatic nitrogens is 4. The Kier molecular flexibility index (Phi) is 6.73. The van der Waals surface area contributed by atoms with Crippen LogP contribution >= 0.6 is 11.6 Å². The number of esters is 2. The van der Waals surface area contributed by atoms with Gasteiger partial charge in [0.2, 0.25) is 0 Å². The number of methoxy groups -OCH3 is 2. The largest absolute Gasteiger partial charge is 0.465 e. The summed E-state index contributed by atoms with van der Waals surface area (Å²) in [4.78, 5) is 22.3. The molecule has 0 unspecified atom stereocenters. The van der Waals surface area contributed by atoms with Crippen LogP contribution in [0.3, 0.4) is 0 Å². The van der Waals surface area contributed by atoms with E-state index in [-0.39, 0.29) is 5.97 Å². The van der Waals surface area contributed by atoms with Gasteiger partial charge in [-0.15, -0.1) is 0 Å². The van der Waals surface area contributed by atoms with E-state index < -0.39 is 5.97 Å². The number of H-pyrrole nitrogens is 1. The van der Waals surface area contributed by atoms with Crippen molar-refractivity contribution in [3.8, 4) is 5.69 Å². The first kappa shape index (κ1) is 20.2. The molecule has 1 N–H and O–H groups in total. The number of para-hydroxylation sites is 1. The molecule has 0 saturated carbocycles. The molecule has 3 rings (SSSR count). The third-order valence-corrected chi connectivity index (χ3v) is 3.96. The fraction of sp³-hybridized carbons (Fsp3) is 0.222. The van der Waals surface area contributed by atoms with Crippen LogP contribution in [0.1, 0.15) is 32.1 Å². The zero-order chi connectivity index (χ0) is 20.0. The molecule has 27 heavy (non-hydrogen) atoms. The number of aromatic amines is 1. The van der Waals surface area contributed by atoms with Crippen LogP contribution in [0.2, 0.25) is 5.02 Å². The molecule has 9 heteroatoms. The van der Waals surface area contributed by atoms with Gasteiger partial charge in [-0.25, -0.2) is 14.3 Å². The number of carbonyl (C=O) groups is 2. The molecule has 0 radical (unpaired) electrons. The maximum Gasteiger partial charge on any atom is 0.341 e. The normalized spacial score (nSPS) is 9.96. The minimum atomic E-state index is -0.402. The summed E-state index contributed by atoms with van der Waals surface area (Å²) in [5, 5.41) is 11.1. The van der Waals surface area contributed by atoms with Gasteiger partial charge in [-0.1, -0.05) is 23.7 Å². The Morgan fingerprint density at radius 3 is 2.26 bits per heavy atom. The highest BCUT2D eigenvalue weighted by Gasteiger charge is 2.15. The van der Waals surface area contributed by atoms with Crippen LogP contribution in [0.25, 0.3) is 5.69 Å². The number of carbonyl (C=O) groups excluding carboxylic acids is 2. The minimum Gasteiger partial charge on any atom is -0.465 e. The smallest absolute Gasteiger partial charge is 0.341 e. The van der Waals surface area contributed by atoms with Crippen molar-refractivity contribution in [3.05, 3.63) is 64.2 Å². The van der Waals surface area contributed by atoms with E-state index in [4.69, 9.17) is 11.6 Å². The predicted molar refractivity (Wildman–Crippen MR) is 99.3 cm³/mol. The number of ether oxygens (including phenoxy) is 2. The molecule has 8 nitrogen and oxygen atoms in total. The van der Waals surface area contributed by atoms with Crippen molar-refractivity contribution in [1.29, 1.82) is 0 Å². The van der Waals surface area contributed by atoms with E-state index in [1.165, 1.54) is 20.4 Å². The Bertz CT molecular complexity index is 948. The number of aryl methyl sites for hydroxylation is 2.